The lowest BCUT2D eigenvalue weighted by Gasteiger charge is -2.49. The van der Waals surface area contributed by atoms with E-state index in [2.05, 4.69) is 45.0 Å². The van der Waals surface area contributed by atoms with Crippen LogP contribution in [0.5, 0.6) is 0 Å². The number of nitrogens with zero attached hydrogens (tertiary/aromatic N) is 1. The number of likely N-dealkylation sites (tertiary alicyclic amines) is 1. The van der Waals surface area contributed by atoms with E-state index in [0.29, 0.717) is 11.6 Å². The highest BCUT2D eigenvalue weighted by atomic mass is 15.2. The van der Waals surface area contributed by atoms with E-state index in [-0.39, 0.29) is 0 Å². The summed E-state index contributed by atoms with van der Waals surface area (Å²) in [5, 5.41) is 3.72. The molecule has 0 radical (unpaired) electrons. The van der Waals surface area contributed by atoms with Crippen molar-refractivity contribution in [2.24, 2.45) is 5.92 Å². The first-order valence-corrected chi connectivity index (χ1v) is 6.44. The van der Waals surface area contributed by atoms with E-state index >= 15 is 0 Å². The number of hydrogen-bond donors (Lipinski definition) is 1. The van der Waals surface area contributed by atoms with Crippen molar-refractivity contribution in [3.63, 3.8) is 0 Å². The van der Waals surface area contributed by atoms with Gasteiger partial charge in [-0.05, 0) is 52.7 Å². The average Bonchev–Trinajstić information content (AvgIpc) is 2.19. The molecule has 0 aliphatic carbocycles. The summed E-state index contributed by atoms with van der Waals surface area (Å²) in [5.74, 6) is 0.730. The van der Waals surface area contributed by atoms with Crippen LogP contribution in [0.1, 0.15) is 47.0 Å². The van der Waals surface area contributed by atoms with Gasteiger partial charge in [0.15, 0.2) is 0 Å². The highest BCUT2D eigenvalue weighted by molar-refractivity contribution is 4.96. The van der Waals surface area contributed by atoms with Crippen molar-refractivity contribution < 1.29 is 0 Å². The second kappa shape index (κ2) is 5.31. The lowest BCUT2D eigenvalue weighted by molar-refractivity contribution is 0.0298. The second-order valence-corrected chi connectivity index (χ2v) is 5.57. The first-order chi connectivity index (χ1) is 7.00. The van der Waals surface area contributed by atoms with Crippen LogP contribution in [0.4, 0.5) is 0 Å². The molecular formula is C13H28N2. The number of nitrogens with one attached hydrogen (secondary N) is 1. The highest BCUT2D eigenvalue weighted by Gasteiger charge is 2.38. The predicted octanol–water partition coefficient (Wildman–Crippen LogP) is 2.49. The van der Waals surface area contributed by atoms with Gasteiger partial charge in [-0.1, -0.05) is 20.3 Å². The SMILES string of the molecule is CCCCNC1CCN(C)C(C)(C)C1C. The molecule has 2 heteroatoms. The first-order valence-electron chi connectivity index (χ1n) is 6.44. The minimum Gasteiger partial charge on any atom is -0.314 e. The zero-order valence-corrected chi connectivity index (χ0v) is 11.1. The minimum atomic E-state index is 0.335. The molecule has 2 atom stereocenters. The fourth-order valence-corrected chi connectivity index (χ4v) is 2.45. The van der Waals surface area contributed by atoms with Crippen molar-refractivity contribution in [3.05, 3.63) is 0 Å². The van der Waals surface area contributed by atoms with Crippen LogP contribution in [0, 0.1) is 5.92 Å². The van der Waals surface area contributed by atoms with Gasteiger partial charge in [0.25, 0.3) is 0 Å². The summed E-state index contributed by atoms with van der Waals surface area (Å²) in [6.45, 7) is 11.8. The Morgan fingerprint density at radius 2 is 2.07 bits per heavy atom. The standard InChI is InChI=1S/C13H28N2/c1-6-7-9-14-12-8-10-15(5)13(3,4)11(12)2/h11-12,14H,6-10H2,1-5H3. The van der Waals surface area contributed by atoms with Gasteiger partial charge < -0.3 is 10.2 Å². The van der Waals surface area contributed by atoms with Gasteiger partial charge in [-0.2, -0.15) is 0 Å². The van der Waals surface area contributed by atoms with Crippen LogP contribution in [-0.2, 0) is 0 Å². The van der Waals surface area contributed by atoms with Gasteiger partial charge in [0.1, 0.15) is 0 Å². The molecule has 0 saturated carbocycles. The van der Waals surface area contributed by atoms with E-state index in [4.69, 9.17) is 0 Å². The molecule has 0 spiro atoms. The average molecular weight is 212 g/mol. The van der Waals surface area contributed by atoms with Gasteiger partial charge in [0.2, 0.25) is 0 Å². The Kier molecular flexibility index (Phi) is 4.60. The third kappa shape index (κ3) is 2.94. The van der Waals surface area contributed by atoms with Crippen molar-refractivity contribution in [3.8, 4) is 0 Å². The van der Waals surface area contributed by atoms with Crippen LogP contribution < -0.4 is 5.32 Å². The lowest BCUT2D eigenvalue weighted by atomic mass is 9.77. The summed E-state index contributed by atoms with van der Waals surface area (Å²) >= 11 is 0. The molecule has 1 N–H and O–H groups in total. The summed E-state index contributed by atoms with van der Waals surface area (Å²) in [4.78, 5) is 2.50. The Labute approximate surface area is 95.4 Å². The summed E-state index contributed by atoms with van der Waals surface area (Å²) in [6.07, 6.45) is 3.89. The zero-order valence-electron chi connectivity index (χ0n) is 11.1. The molecule has 0 bridgehead atoms. The number of unbranched alkanes of at least 4 members (excludes halogenated alkanes) is 1. The summed E-state index contributed by atoms with van der Waals surface area (Å²) in [6, 6.07) is 0.711. The largest absolute Gasteiger partial charge is 0.314 e. The number of piperidine rings is 1. The van der Waals surface area contributed by atoms with Crippen molar-refractivity contribution in [2.45, 2.75) is 58.5 Å². The van der Waals surface area contributed by atoms with E-state index in [1.807, 2.05) is 0 Å². The van der Waals surface area contributed by atoms with E-state index < -0.39 is 0 Å². The van der Waals surface area contributed by atoms with Gasteiger partial charge in [-0.3, -0.25) is 0 Å². The van der Waals surface area contributed by atoms with Gasteiger partial charge in [-0.15, -0.1) is 0 Å². The van der Waals surface area contributed by atoms with E-state index in [1.165, 1.54) is 32.4 Å². The first kappa shape index (κ1) is 13.0. The zero-order chi connectivity index (χ0) is 11.5. The van der Waals surface area contributed by atoms with Crippen LogP contribution in [0.3, 0.4) is 0 Å². The molecule has 15 heavy (non-hydrogen) atoms. The van der Waals surface area contributed by atoms with E-state index in [1.54, 1.807) is 0 Å². The second-order valence-electron chi connectivity index (χ2n) is 5.57. The molecule has 1 aliphatic rings. The monoisotopic (exact) mass is 212 g/mol. The molecule has 0 aromatic heterocycles. The molecule has 1 fully saturated rings. The molecule has 1 saturated heterocycles. The Bertz CT molecular complexity index is 189. The maximum atomic E-state index is 3.72. The van der Waals surface area contributed by atoms with Crippen molar-refractivity contribution in [2.75, 3.05) is 20.1 Å². The molecule has 0 amide bonds. The Morgan fingerprint density at radius 1 is 1.40 bits per heavy atom. The number of rotatable bonds is 4. The molecule has 1 rings (SSSR count). The molecule has 2 unspecified atom stereocenters. The smallest absolute Gasteiger partial charge is 0.0190 e. The molecule has 1 aliphatic heterocycles. The van der Waals surface area contributed by atoms with Crippen molar-refractivity contribution >= 4 is 0 Å². The van der Waals surface area contributed by atoms with Crippen LogP contribution in [-0.4, -0.2) is 36.6 Å². The molecule has 0 aromatic rings. The van der Waals surface area contributed by atoms with Crippen LogP contribution >= 0.6 is 0 Å². The van der Waals surface area contributed by atoms with E-state index in [0.717, 1.165) is 5.92 Å². The molecular weight excluding hydrogens is 184 g/mol. The predicted molar refractivity (Wildman–Crippen MR) is 67.2 cm³/mol. The molecule has 1 heterocycles. The van der Waals surface area contributed by atoms with Crippen molar-refractivity contribution in [1.29, 1.82) is 0 Å². The molecule has 90 valence electrons. The van der Waals surface area contributed by atoms with Crippen LogP contribution in [0.25, 0.3) is 0 Å². The van der Waals surface area contributed by atoms with Crippen molar-refractivity contribution in [1.82, 2.24) is 10.2 Å². The third-order valence-electron chi connectivity index (χ3n) is 4.41. The fourth-order valence-electron chi connectivity index (χ4n) is 2.45. The summed E-state index contributed by atoms with van der Waals surface area (Å²) < 4.78 is 0. The summed E-state index contributed by atoms with van der Waals surface area (Å²) in [5.41, 5.74) is 0.335. The fraction of sp³-hybridized carbons (Fsp3) is 1.00. The van der Waals surface area contributed by atoms with Gasteiger partial charge in [0.05, 0.1) is 0 Å². The maximum Gasteiger partial charge on any atom is 0.0190 e. The maximum absolute atomic E-state index is 3.72. The van der Waals surface area contributed by atoms with Crippen LogP contribution in [0.15, 0.2) is 0 Å². The Hall–Kier alpha value is -0.0800. The minimum absolute atomic E-state index is 0.335. The highest BCUT2D eigenvalue weighted by Crippen LogP contribution is 2.31. The third-order valence-corrected chi connectivity index (χ3v) is 4.41. The molecule has 0 aromatic carbocycles. The Morgan fingerprint density at radius 3 is 2.67 bits per heavy atom. The topological polar surface area (TPSA) is 15.3 Å². The lowest BCUT2D eigenvalue weighted by Crippen LogP contribution is -2.59. The Balaban J connectivity index is 2.46. The normalized spacial score (nSPS) is 31.8. The van der Waals surface area contributed by atoms with Gasteiger partial charge >= 0.3 is 0 Å². The molecule has 2 nitrogen and oxygen atoms in total. The quantitative estimate of drug-likeness (QED) is 0.720. The van der Waals surface area contributed by atoms with Gasteiger partial charge in [-0.25, -0.2) is 0 Å². The summed E-state index contributed by atoms with van der Waals surface area (Å²) in [7, 11) is 2.25. The van der Waals surface area contributed by atoms with E-state index in [9.17, 15) is 0 Å². The van der Waals surface area contributed by atoms with Gasteiger partial charge in [0, 0.05) is 11.6 Å². The van der Waals surface area contributed by atoms with Crippen LogP contribution in [0.2, 0.25) is 0 Å². The number of hydrogen-bond acceptors (Lipinski definition) is 2.